The molecule has 1 fully saturated rings. The molecule has 2 rings (SSSR count). The standard InChI is InChI=1S/C15H24N4O2S.HI/c1-2-18-22(20,21)14-8-6-13(7-9-14)12-17-15(16)19-10-4-3-5-11-19;/h6-9,18H,2-5,10-12H2,1H3,(H2,16,17);1H. The number of guanidine groups is 1. The molecule has 0 spiro atoms. The number of sulfonamides is 1. The van der Waals surface area contributed by atoms with Crippen LogP contribution in [-0.2, 0) is 16.6 Å². The van der Waals surface area contributed by atoms with Gasteiger partial charge in [0.05, 0.1) is 11.4 Å². The summed E-state index contributed by atoms with van der Waals surface area (Å²) < 4.78 is 26.2. The Morgan fingerprint density at radius 1 is 1.22 bits per heavy atom. The Labute approximate surface area is 155 Å². The third-order valence-corrected chi connectivity index (χ3v) is 5.23. The summed E-state index contributed by atoms with van der Waals surface area (Å²) in [4.78, 5) is 6.78. The highest BCUT2D eigenvalue weighted by Gasteiger charge is 2.13. The van der Waals surface area contributed by atoms with Crippen molar-refractivity contribution >= 4 is 40.0 Å². The van der Waals surface area contributed by atoms with Crippen LogP contribution in [0.4, 0.5) is 0 Å². The van der Waals surface area contributed by atoms with Crippen LogP contribution in [0.25, 0.3) is 0 Å². The van der Waals surface area contributed by atoms with Crippen molar-refractivity contribution in [3.8, 4) is 0 Å². The molecular weight excluding hydrogens is 427 g/mol. The molecule has 8 heteroatoms. The smallest absolute Gasteiger partial charge is 0.240 e. The van der Waals surface area contributed by atoms with Crippen molar-refractivity contribution in [1.29, 1.82) is 0 Å². The maximum atomic E-state index is 11.9. The van der Waals surface area contributed by atoms with Gasteiger partial charge in [0.15, 0.2) is 5.96 Å². The lowest BCUT2D eigenvalue weighted by molar-refractivity contribution is 0.338. The molecule has 3 N–H and O–H groups in total. The fraction of sp³-hybridized carbons (Fsp3) is 0.533. The Kier molecular flexibility index (Phi) is 8.27. The normalized spacial score (nSPS) is 16.0. The van der Waals surface area contributed by atoms with Gasteiger partial charge >= 0.3 is 0 Å². The van der Waals surface area contributed by atoms with Crippen LogP contribution in [0.15, 0.2) is 34.2 Å². The molecule has 0 amide bonds. The van der Waals surface area contributed by atoms with E-state index in [-0.39, 0.29) is 28.9 Å². The highest BCUT2D eigenvalue weighted by atomic mass is 127. The van der Waals surface area contributed by atoms with Gasteiger partial charge < -0.3 is 10.6 Å². The first kappa shape index (κ1) is 20.2. The van der Waals surface area contributed by atoms with E-state index in [9.17, 15) is 8.42 Å². The van der Waals surface area contributed by atoms with Crippen molar-refractivity contribution in [2.45, 2.75) is 37.6 Å². The number of aliphatic imine (C=N–C) groups is 1. The van der Waals surface area contributed by atoms with Crippen molar-refractivity contribution in [3.63, 3.8) is 0 Å². The number of rotatable bonds is 5. The second-order valence-corrected chi connectivity index (χ2v) is 7.13. The lowest BCUT2D eigenvalue weighted by Gasteiger charge is -2.27. The van der Waals surface area contributed by atoms with E-state index in [4.69, 9.17) is 5.73 Å². The quantitative estimate of drug-likeness (QED) is 0.406. The molecule has 6 nitrogen and oxygen atoms in total. The van der Waals surface area contributed by atoms with Gasteiger partial charge in [0.1, 0.15) is 0 Å². The van der Waals surface area contributed by atoms with E-state index in [1.165, 1.54) is 6.42 Å². The second kappa shape index (κ2) is 9.43. The van der Waals surface area contributed by atoms with Crippen LogP contribution < -0.4 is 10.5 Å². The maximum Gasteiger partial charge on any atom is 0.240 e. The number of benzene rings is 1. The van der Waals surface area contributed by atoms with Gasteiger partial charge in [-0.3, -0.25) is 0 Å². The number of nitrogens with zero attached hydrogens (tertiary/aromatic N) is 2. The summed E-state index contributed by atoms with van der Waals surface area (Å²) in [5.74, 6) is 0.573. The zero-order valence-electron chi connectivity index (χ0n) is 13.4. The lowest BCUT2D eigenvalue weighted by Crippen LogP contribution is -2.40. The molecule has 0 unspecified atom stereocenters. The molecule has 0 bridgehead atoms. The summed E-state index contributed by atoms with van der Waals surface area (Å²) in [5.41, 5.74) is 6.95. The van der Waals surface area contributed by atoms with Crippen LogP contribution in [0, 0.1) is 0 Å². The molecule has 0 radical (unpaired) electrons. The molecule has 1 aliphatic heterocycles. The summed E-state index contributed by atoms with van der Waals surface area (Å²) in [6.07, 6.45) is 3.58. The summed E-state index contributed by atoms with van der Waals surface area (Å²) in [5, 5.41) is 0. The number of likely N-dealkylation sites (tertiary alicyclic amines) is 1. The fourth-order valence-corrected chi connectivity index (χ4v) is 3.48. The molecule has 1 saturated heterocycles. The summed E-state index contributed by atoms with van der Waals surface area (Å²) in [6, 6.07) is 6.74. The maximum absolute atomic E-state index is 11.9. The molecule has 0 aliphatic carbocycles. The minimum atomic E-state index is -3.39. The van der Waals surface area contributed by atoms with Gasteiger partial charge in [-0.05, 0) is 37.0 Å². The fourth-order valence-electron chi connectivity index (χ4n) is 2.44. The van der Waals surface area contributed by atoms with E-state index >= 15 is 0 Å². The lowest BCUT2D eigenvalue weighted by atomic mass is 10.1. The SMILES string of the molecule is CCNS(=O)(=O)c1ccc(CN=C(N)N2CCCCC2)cc1.I. The molecule has 0 saturated carbocycles. The molecule has 1 aromatic carbocycles. The number of nitrogens with two attached hydrogens (primary N) is 1. The number of nitrogens with one attached hydrogen (secondary N) is 1. The molecule has 130 valence electrons. The Morgan fingerprint density at radius 2 is 1.83 bits per heavy atom. The second-order valence-electron chi connectivity index (χ2n) is 5.37. The molecule has 0 aromatic heterocycles. The van der Waals surface area contributed by atoms with Gasteiger partial charge in [0.2, 0.25) is 10.0 Å². The van der Waals surface area contributed by atoms with Crippen LogP contribution in [-0.4, -0.2) is 38.9 Å². The average Bonchev–Trinajstić information content (AvgIpc) is 2.54. The molecule has 0 atom stereocenters. The first-order valence-corrected chi connectivity index (χ1v) is 9.14. The van der Waals surface area contributed by atoms with E-state index < -0.39 is 10.0 Å². The third-order valence-electron chi connectivity index (χ3n) is 3.67. The Bertz CT molecular complexity index is 611. The Hall–Kier alpha value is -0.870. The summed E-state index contributed by atoms with van der Waals surface area (Å²) in [6.45, 7) is 4.53. The zero-order chi connectivity index (χ0) is 16.0. The Morgan fingerprint density at radius 3 is 2.39 bits per heavy atom. The molecule has 1 heterocycles. The number of hydrogen-bond acceptors (Lipinski definition) is 3. The predicted octanol–water partition coefficient (Wildman–Crippen LogP) is 1.90. The number of piperidine rings is 1. The van der Waals surface area contributed by atoms with E-state index in [1.807, 2.05) is 0 Å². The van der Waals surface area contributed by atoms with E-state index in [0.717, 1.165) is 31.5 Å². The summed E-state index contributed by atoms with van der Waals surface area (Å²) in [7, 11) is -3.39. The first-order valence-electron chi connectivity index (χ1n) is 7.66. The number of hydrogen-bond donors (Lipinski definition) is 2. The Balaban J connectivity index is 0.00000264. The number of halogens is 1. The highest BCUT2D eigenvalue weighted by Crippen LogP contribution is 2.12. The minimum Gasteiger partial charge on any atom is -0.370 e. The highest BCUT2D eigenvalue weighted by molar-refractivity contribution is 14.0. The van der Waals surface area contributed by atoms with Gasteiger partial charge in [0, 0.05) is 19.6 Å². The van der Waals surface area contributed by atoms with E-state index in [2.05, 4.69) is 14.6 Å². The summed E-state index contributed by atoms with van der Waals surface area (Å²) >= 11 is 0. The van der Waals surface area contributed by atoms with Gasteiger partial charge in [-0.1, -0.05) is 19.1 Å². The van der Waals surface area contributed by atoms with Crippen molar-refractivity contribution in [2.24, 2.45) is 10.7 Å². The third kappa shape index (κ3) is 5.92. The van der Waals surface area contributed by atoms with E-state index in [0.29, 0.717) is 19.0 Å². The predicted molar refractivity (Wildman–Crippen MR) is 103 cm³/mol. The van der Waals surface area contributed by atoms with Gasteiger partial charge in [-0.25, -0.2) is 18.1 Å². The van der Waals surface area contributed by atoms with Crippen molar-refractivity contribution in [1.82, 2.24) is 9.62 Å². The van der Waals surface area contributed by atoms with Crippen LogP contribution >= 0.6 is 24.0 Å². The topological polar surface area (TPSA) is 87.8 Å². The zero-order valence-corrected chi connectivity index (χ0v) is 16.5. The average molecular weight is 452 g/mol. The van der Waals surface area contributed by atoms with Crippen LogP contribution in [0.5, 0.6) is 0 Å². The van der Waals surface area contributed by atoms with Crippen LogP contribution in [0.1, 0.15) is 31.7 Å². The van der Waals surface area contributed by atoms with Crippen LogP contribution in [0.2, 0.25) is 0 Å². The molecule has 1 aliphatic rings. The van der Waals surface area contributed by atoms with Crippen molar-refractivity contribution < 1.29 is 8.42 Å². The van der Waals surface area contributed by atoms with Crippen molar-refractivity contribution in [3.05, 3.63) is 29.8 Å². The van der Waals surface area contributed by atoms with E-state index in [1.54, 1.807) is 31.2 Å². The monoisotopic (exact) mass is 452 g/mol. The van der Waals surface area contributed by atoms with Gasteiger partial charge in [-0.15, -0.1) is 24.0 Å². The largest absolute Gasteiger partial charge is 0.370 e. The minimum absolute atomic E-state index is 0. The van der Waals surface area contributed by atoms with Crippen LogP contribution in [0.3, 0.4) is 0 Å². The van der Waals surface area contributed by atoms with Crippen molar-refractivity contribution in [2.75, 3.05) is 19.6 Å². The molecule has 23 heavy (non-hydrogen) atoms. The first-order chi connectivity index (χ1) is 10.5. The molecule has 1 aromatic rings. The molecular formula is C15H25IN4O2S. The van der Waals surface area contributed by atoms with Gasteiger partial charge in [0.25, 0.3) is 0 Å². The van der Waals surface area contributed by atoms with Gasteiger partial charge in [-0.2, -0.15) is 0 Å².